The van der Waals surface area contributed by atoms with Crippen LogP contribution in [0.2, 0.25) is 5.02 Å². The molecule has 1 aliphatic carbocycles. The van der Waals surface area contributed by atoms with Gasteiger partial charge in [0.15, 0.2) is 0 Å². The minimum Gasteiger partial charge on any atom is -0.366 e. The average Bonchev–Trinajstić information content (AvgIpc) is 2.61. The predicted molar refractivity (Wildman–Crippen MR) is 109 cm³/mol. The van der Waals surface area contributed by atoms with Crippen LogP contribution < -0.4 is 5.73 Å². The van der Waals surface area contributed by atoms with E-state index in [4.69, 9.17) is 17.3 Å². The standard InChI is InChI=1S/C23H27ClFNO/c1-23(2)12-10-15(11-13-23)6-7-16-8-9-17(14-20(16)25)18-4-3-5-19(21(18)24)22(26)27/h3-5,8-9,14-15H,6-7,10-13H2,1-2H3,(H2,26,27). The third-order valence-electron chi connectivity index (χ3n) is 5.91. The van der Waals surface area contributed by atoms with E-state index in [1.807, 2.05) is 12.1 Å². The van der Waals surface area contributed by atoms with Gasteiger partial charge in [-0.25, -0.2) is 4.39 Å². The number of amides is 1. The van der Waals surface area contributed by atoms with Gasteiger partial charge in [-0.2, -0.15) is 0 Å². The lowest BCUT2D eigenvalue weighted by atomic mass is 9.72. The molecule has 1 saturated carbocycles. The highest BCUT2D eigenvalue weighted by molar-refractivity contribution is 6.36. The first-order chi connectivity index (χ1) is 12.8. The van der Waals surface area contributed by atoms with Crippen LogP contribution in [0.4, 0.5) is 4.39 Å². The maximum atomic E-state index is 14.7. The summed E-state index contributed by atoms with van der Waals surface area (Å²) >= 11 is 6.29. The van der Waals surface area contributed by atoms with Gasteiger partial charge in [-0.1, -0.05) is 49.7 Å². The lowest BCUT2D eigenvalue weighted by Gasteiger charge is -2.34. The largest absolute Gasteiger partial charge is 0.366 e. The van der Waals surface area contributed by atoms with Crippen molar-refractivity contribution >= 4 is 17.5 Å². The molecule has 2 aromatic carbocycles. The third kappa shape index (κ3) is 4.70. The van der Waals surface area contributed by atoms with Gasteiger partial charge < -0.3 is 5.73 Å². The number of carbonyl (C=O) groups excluding carboxylic acids is 1. The summed E-state index contributed by atoms with van der Waals surface area (Å²) in [4.78, 5) is 11.5. The van der Waals surface area contributed by atoms with Gasteiger partial charge in [0.2, 0.25) is 5.91 Å². The van der Waals surface area contributed by atoms with Gasteiger partial charge in [-0.05, 0) is 73.1 Å². The van der Waals surface area contributed by atoms with Crippen LogP contribution in [-0.4, -0.2) is 5.91 Å². The minimum absolute atomic E-state index is 0.218. The van der Waals surface area contributed by atoms with Crippen molar-refractivity contribution in [3.63, 3.8) is 0 Å². The van der Waals surface area contributed by atoms with E-state index in [0.717, 1.165) is 18.4 Å². The van der Waals surface area contributed by atoms with E-state index < -0.39 is 5.91 Å². The first kappa shape index (κ1) is 19.9. The van der Waals surface area contributed by atoms with Gasteiger partial charge >= 0.3 is 0 Å². The minimum atomic E-state index is -0.588. The molecule has 0 heterocycles. The molecule has 144 valence electrons. The van der Waals surface area contributed by atoms with Gasteiger partial charge in [0.25, 0.3) is 0 Å². The summed E-state index contributed by atoms with van der Waals surface area (Å²) in [5.41, 5.74) is 8.07. The normalized spacial score (nSPS) is 17.0. The zero-order valence-corrected chi connectivity index (χ0v) is 16.8. The Balaban J connectivity index is 1.71. The highest BCUT2D eigenvalue weighted by atomic mass is 35.5. The van der Waals surface area contributed by atoms with Crippen molar-refractivity contribution in [2.75, 3.05) is 0 Å². The number of aryl methyl sites for hydroxylation is 1. The van der Waals surface area contributed by atoms with Crippen molar-refractivity contribution in [1.29, 1.82) is 0 Å². The zero-order chi connectivity index (χ0) is 19.6. The number of hydrogen-bond acceptors (Lipinski definition) is 1. The van der Waals surface area contributed by atoms with Gasteiger partial charge in [0, 0.05) is 5.56 Å². The Morgan fingerprint density at radius 3 is 2.56 bits per heavy atom. The summed E-state index contributed by atoms with van der Waals surface area (Å²) in [5.74, 6) is -0.113. The molecule has 1 aliphatic rings. The molecule has 27 heavy (non-hydrogen) atoms. The van der Waals surface area contributed by atoms with E-state index in [9.17, 15) is 9.18 Å². The first-order valence-corrected chi connectivity index (χ1v) is 10.0. The highest BCUT2D eigenvalue weighted by Crippen LogP contribution is 2.39. The molecule has 1 amide bonds. The summed E-state index contributed by atoms with van der Waals surface area (Å²) in [7, 11) is 0. The van der Waals surface area contributed by atoms with Crippen LogP contribution in [0.5, 0.6) is 0 Å². The number of carbonyl (C=O) groups is 1. The quantitative estimate of drug-likeness (QED) is 0.634. The molecule has 2 N–H and O–H groups in total. The monoisotopic (exact) mass is 387 g/mol. The summed E-state index contributed by atoms with van der Waals surface area (Å²) < 4.78 is 14.7. The summed E-state index contributed by atoms with van der Waals surface area (Å²) in [6, 6.07) is 10.3. The maximum Gasteiger partial charge on any atom is 0.250 e. The fourth-order valence-electron chi connectivity index (χ4n) is 3.97. The second-order valence-corrected chi connectivity index (χ2v) is 8.86. The van der Waals surface area contributed by atoms with Crippen LogP contribution in [0.15, 0.2) is 36.4 Å². The van der Waals surface area contributed by atoms with Crippen LogP contribution in [0.25, 0.3) is 11.1 Å². The number of halogens is 2. The second-order valence-electron chi connectivity index (χ2n) is 8.48. The smallest absolute Gasteiger partial charge is 0.250 e. The van der Waals surface area contributed by atoms with Crippen LogP contribution in [0, 0.1) is 17.2 Å². The maximum absolute atomic E-state index is 14.7. The fraction of sp³-hybridized carbons (Fsp3) is 0.435. The van der Waals surface area contributed by atoms with Gasteiger partial charge in [-0.15, -0.1) is 0 Å². The molecular formula is C23H27ClFNO. The number of benzene rings is 2. The van der Waals surface area contributed by atoms with Gasteiger partial charge in [0.05, 0.1) is 10.6 Å². The molecule has 1 fully saturated rings. The van der Waals surface area contributed by atoms with Crippen molar-refractivity contribution < 1.29 is 9.18 Å². The van der Waals surface area contributed by atoms with Gasteiger partial charge in [-0.3, -0.25) is 4.79 Å². The molecule has 0 aromatic heterocycles. The Labute approximate surface area is 165 Å². The number of hydrogen-bond donors (Lipinski definition) is 1. The first-order valence-electron chi connectivity index (χ1n) is 9.64. The van der Waals surface area contributed by atoms with E-state index in [-0.39, 0.29) is 16.4 Å². The molecule has 0 saturated heterocycles. The Morgan fingerprint density at radius 2 is 1.93 bits per heavy atom. The molecule has 0 unspecified atom stereocenters. The van der Waals surface area contributed by atoms with Crippen LogP contribution in [-0.2, 0) is 6.42 Å². The average molecular weight is 388 g/mol. The lowest BCUT2D eigenvalue weighted by Crippen LogP contribution is -2.21. The number of primary amides is 1. The Bertz CT molecular complexity index is 836. The third-order valence-corrected chi connectivity index (χ3v) is 6.32. The van der Waals surface area contributed by atoms with E-state index in [2.05, 4.69) is 13.8 Å². The summed E-state index contributed by atoms with van der Waals surface area (Å²) in [5, 5.41) is 0.266. The van der Waals surface area contributed by atoms with Crippen molar-refractivity contribution in [2.24, 2.45) is 17.1 Å². The van der Waals surface area contributed by atoms with Crippen molar-refractivity contribution in [3.8, 4) is 11.1 Å². The van der Waals surface area contributed by atoms with Crippen molar-refractivity contribution in [1.82, 2.24) is 0 Å². The molecule has 0 bridgehead atoms. The molecule has 3 rings (SSSR count). The van der Waals surface area contributed by atoms with Crippen LogP contribution in [0.1, 0.15) is 61.9 Å². The molecule has 0 spiro atoms. The van der Waals surface area contributed by atoms with Crippen molar-refractivity contribution in [2.45, 2.75) is 52.4 Å². The molecule has 2 aromatic rings. The molecule has 0 aliphatic heterocycles. The lowest BCUT2D eigenvalue weighted by molar-refractivity contribution is 0.100. The van der Waals surface area contributed by atoms with E-state index in [1.165, 1.54) is 31.7 Å². The summed E-state index contributed by atoms with van der Waals surface area (Å²) in [6.45, 7) is 4.67. The molecular weight excluding hydrogens is 361 g/mol. The number of rotatable bonds is 5. The van der Waals surface area contributed by atoms with Crippen molar-refractivity contribution in [3.05, 3.63) is 58.4 Å². The van der Waals surface area contributed by atoms with E-state index >= 15 is 0 Å². The Kier molecular flexibility index (Phi) is 5.90. The molecule has 2 nitrogen and oxygen atoms in total. The second kappa shape index (κ2) is 8.02. The zero-order valence-electron chi connectivity index (χ0n) is 16.0. The van der Waals surface area contributed by atoms with Crippen LogP contribution in [0.3, 0.4) is 0 Å². The SMILES string of the molecule is CC1(C)CCC(CCc2ccc(-c3cccc(C(N)=O)c3Cl)cc2F)CC1. The van der Waals surface area contributed by atoms with E-state index in [0.29, 0.717) is 22.5 Å². The molecule has 0 atom stereocenters. The van der Waals surface area contributed by atoms with E-state index in [1.54, 1.807) is 18.2 Å². The summed E-state index contributed by atoms with van der Waals surface area (Å²) in [6.07, 6.45) is 6.78. The van der Waals surface area contributed by atoms with Gasteiger partial charge in [0.1, 0.15) is 5.82 Å². The highest BCUT2D eigenvalue weighted by Gasteiger charge is 2.26. The predicted octanol–water partition coefficient (Wildman–Crippen LogP) is 6.39. The molecule has 4 heteroatoms. The topological polar surface area (TPSA) is 43.1 Å². The Hall–Kier alpha value is -1.87. The Morgan fingerprint density at radius 1 is 1.22 bits per heavy atom. The fourth-order valence-corrected chi connectivity index (χ4v) is 4.30. The van der Waals surface area contributed by atoms with Crippen LogP contribution >= 0.6 is 11.6 Å². The molecule has 0 radical (unpaired) electrons. The number of nitrogens with two attached hydrogens (primary N) is 1.